The summed E-state index contributed by atoms with van der Waals surface area (Å²) in [5.74, 6) is -0.341. The number of unbranched alkanes of at least 4 members (excludes halogenated alkanes) is 2. The largest absolute Gasteiger partial charge is 0.507 e. The minimum Gasteiger partial charge on any atom is -0.507 e. The Kier molecular flexibility index (Phi) is 13.4. The quantitative estimate of drug-likeness (QED) is 0.181. The number of amides is 3. The van der Waals surface area contributed by atoms with Crippen molar-refractivity contribution in [2.24, 2.45) is 5.41 Å². The van der Waals surface area contributed by atoms with Gasteiger partial charge in [-0.3, -0.25) is 14.4 Å². The lowest BCUT2D eigenvalue weighted by Crippen LogP contribution is -2.54. The van der Waals surface area contributed by atoms with Gasteiger partial charge in [-0.1, -0.05) is 27.2 Å². The summed E-state index contributed by atoms with van der Waals surface area (Å²) in [4.78, 5) is 47.0. The van der Waals surface area contributed by atoms with Gasteiger partial charge in [-0.05, 0) is 80.0 Å². The first-order valence-electron chi connectivity index (χ1n) is 20.2. The third kappa shape index (κ3) is 10.8. The number of ether oxygens (including phenoxy) is 1. The van der Waals surface area contributed by atoms with Crippen molar-refractivity contribution in [1.29, 1.82) is 0 Å². The molecule has 0 radical (unpaired) electrons. The number of hydrogen-bond donors (Lipinski definition) is 4. The first kappa shape index (κ1) is 41.5. The number of anilines is 3. The molecule has 14 nitrogen and oxygen atoms in total. The number of halogens is 1. The number of nitrogens with two attached hydrogens (primary N) is 1. The van der Waals surface area contributed by atoms with Gasteiger partial charge in [0.2, 0.25) is 17.7 Å². The smallest absolute Gasteiger partial charge is 0.245 e. The second-order valence-electron chi connectivity index (χ2n) is 16.5. The molecule has 15 heteroatoms. The van der Waals surface area contributed by atoms with Crippen molar-refractivity contribution in [2.75, 3.05) is 67.9 Å². The molecule has 0 aliphatic carbocycles. The predicted octanol–water partition coefficient (Wildman–Crippen LogP) is 4.34. The van der Waals surface area contributed by atoms with Gasteiger partial charge in [-0.15, -0.1) is 10.2 Å². The van der Waals surface area contributed by atoms with E-state index in [1.807, 2.05) is 25.7 Å². The van der Waals surface area contributed by atoms with E-state index in [2.05, 4.69) is 49.6 Å². The van der Waals surface area contributed by atoms with Gasteiger partial charge in [0.05, 0.1) is 12.6 Å². The number of aromatic nitrogens is 2. The van der Waals surface area contributed by atoms with Crippen LogP contribution in [0.25, 0.3) is 11.3 Å². The molecule has 0 bridgehead atoms. The summed E-state index contributed by atoms with van der Waals surface area (Å²) in [6.07, 6.45) is 4.46. The van der Waals surface area contributed by atoms with Gasteiger partial charge in [0, 0.05) is 81.7 Å². The second-order valence-corrected chi connectivity index (χ2v) is 16.5. The highest BCUT2D eigenvalue weighted by molar-refractivity contribution is 5.88. The van der Waals surface area contributed by atoms with E-state index in [1.165, 1.54) is 18.2 Å². The Bertz CT molecular complexity index is 1870. The summed E-state index contributed by atoms with van der Waals surface area (Å²) in [5, 5.41) is 31.1. The Balaban J connectivity index is 0.907. The monoisotopic (exact) mass is 788 g/mol. The van der Waals surface area contributed by atoms with Gasteiger partial charge >= 0.3 is 0 Å². The molecule has 4 heterocycles. The summed E-state index contributed by atoms with van der Waals surface area (Å²) in [6.45, 7) is 10.9. The van der Waals surface area contributed by atoms with Crippen LogP contribution < -0.4 is 25.6 Å². The number of rotatable bonds is 13. The maximum atomic E-state index is 13.9. The number of piperidine rings is 1. The number of benzene rings is 2. The van der Waals surface area contributed by atoms with Crippen molar-refractivity contribution >= 4 is 34.9 Å². The van der Waals surface area contributed by atoms with E-state index in [-0.39, 0.29) is 46.7 Å². The van der Waals surface area contributed by atoms with E-state index in [1.54, 1.807) is 11.0 Å². The van der Waals surface area contributed by atoms with Crippen LogP contribution in [-0.4, -0.2) is 119 Å². The average molecular weight is 789 g/mol. The first-order valence-corrected chi connectivity index (χ1v) is 20.2. The van der Waals surface area contributed by atoms with Gasteiger partial charge in [-0.2, -0.15) is 0 Å². The maximum Gasteiger partial charge on any atom is 0.245 e. The van der Waals surface area contributed by atoms with Gasteiger partial charge in [-0.25, -0.2) is 4.39 Å². The molecular weight excluding hydrogens is 732 g/mol. The molecule has 0 spiro atoms. The minimum atomic E-state index is -0.654. The van der Waals surface area contributed by atoms with E-state index in [4.69, 9.17) is 10.5 Å². The van der Waals surface area contributed by atoms with Crippen molar-refractivity contribution in [1.82, 2.24) is 25.3 Å². The number of phenols is 1. The zero-order chi connectivity index (χ0) is 40.7. The molecule has 3 amide bonds. The average Bonchev–Trinajstić information content (AvgIpc) is 3.64. The number of nitrogens with zero attached hydrogens (tertiary/aromatic N) is 6. The molecule has 3 atom stereocenters. The molecule has 5 N–H and O–H groups in total. The molecule has 2 aromatic carbocycles. The predicted molar refractivity (Wildman–Crippen MR) is 216 cm³/mol. The van der Waals surface area contributed by atoms with E-state index >= 15 is 0 Å². The first-order chi connectivity index (χ1) is 27.2. The topological polar surface area (TPSA) is 178 Å². The van der Waals surface area contributed by atoms with E-state index in [0.717, 1.165) is 50.3 Å². The number of aromatic hydroxyl groups is 1. The fraction of sp³-hybridized carbons (Fsp3) is 0.548. The lowest BCUT2D eigenvalue weighted by Gasteiger charge is -2.37. The Hall–Kier alpha value is -5.18. The molecule has 57 heavy (non-hydrogen) atoms. The van der Waals surface area contributed by atoms with Crippen LogP contribution in [0, 0.1) is 11.2 Å². The van der Waals surface area contributed by atoms with E-state index < -0.39 is 23.4 Å². The van der Waals surface area contributed by atoms with E-state index in [9.17, 15) is 29.0 Å². The highest BCUT2D eigenvalue weighted by Crippen LogP contribution is 2.33. The summed E-state index contributed by atoms with van der Waals surface area (Å²) in [6, 6.07) is 13.0. The van der Waals surface area contributed by atoms with Crippen LogP contribution in [0.2, 0.25) is 0 Å². The fourth-order valence-electron chi connectivity index (χ4n) is 7.76. The number of hydrogen-bond acceptors (Lipinski definition) is 11. The van der Waals surface area contributed by atoms with Crippen LogP contribution in [0.5, 0.6) is 11.5 Å². The highest BCUT2D eigenvalue weighted by atomic mass is 19.1. The lowest BCUT2D eigenvalue weighted by molar-refractivity contribution is -0.139. The Morgan fingerprint density at radius 2 is 1.58 bits per heavy atom. The summed E-state index contributed by atoms with van der Waals surface area (Å²) >= 11 is 0. The number of carbonyl (C=O) groups is 3. The van der Waals surface area contributed by atoms with Crippen LogP contribution in [-0.2, 0) is 14.4 Å². The third-order valence-electron chi connectivity index (χ3n) is 11.1. The van der Waals surface area contributed by atoms with Crippen LogP contribution in [0.15, 0.2) is 48.5 Å². The summed E-state index contributed by atoms with van der Waals surface area (Å²) in [7, 11) is 0. The van der Waals surface area contributed by atoms with Gasteiger partial charge in [0.1, 0.15) is 29.4 Å². The third-order valence-corrected chi connectivity index (χ3v) is 11.1. The molecule has 3 saturated heterocycles. The number of aliphatic hydroxyl groups excluding tert-OH is 1. The van der Waals surface area contributed by atoms with Crippen molar-refractivity contribution in [3.8, 4) is 22.8 Å². The zero-order valence-electron chi connectivity index (χ0n) is 33.3. The fourth-order valence-corrected chi connectivity index (χ4v) is 7.76. The Morgan fingerprint density at radius 3 is 2.26 bits per heavy atom. The number of aliphatic hydroxyl groups is 1. The van der Waals surface area contributed by atoms with Gasteiger partial charge in [0.25, 0.3) is 0 Å². The standard InChI is InChI=1S/C42H57FN8O6/c1-42(2,3)39(41(56)51-19-17-31(52)26-51)45-37(54)9-5-4-6-10-38(55)49-22-20-48(21-23-49)29-12-14-30(15-13-29)50-18-7-8-32(27-50)57-36-25-34(46-47-40(36)44)33-24-28(43)11-16-35(33)53/h11-16,24-25,31-32,39,52-53H,4-10,17-23,26-27H2,1-3H3,(H2,44,47)(H,45,54)/t31-,32?,39-/m1/s1. The normalized spacial score (nSPS) is 19.4. The van der Waals surface area contributed by atoms with Crippen LogP contribution in [0.3, 0.4) is 0 Å². The summed E-state index contributed by atoms with van der Waals surface area (Å²) in [5.41, 5.74) is 8.29. The number of nitrogens with one attached hydrogen (secondary N) is 1. The number of phenolic OH excluding ortho intramolecular Hbond substituents is 1. The molecule has 0 saturated carbocycles. The number of nitrogen functional groups attached to an aromatic ring is 1. The second kappa shape index (κ2) is 18.4. The number of β-amino-alcohol motifs (C(OH)–C–C–N with tert-alkyl or cyclic N) is 1. The molecule has 3 aliphatic rings. The van der Waals surface area contributed by atoms with Crippen LogP contribution >= 0.6 is 0 Å². The molecular formula is C42H57FN8O6. The molecule has 1 aromatic heterocycles. The number of likely N-dealkylation sites (tertiary alicyclic amines) is 1. The van der Waals surface area contributed by atoms with Crippen molar-refractivity contribution < 1.29 is 33.7 Å². The molecule has 1 unspecified atom stereocenters. The molecule has 308 valence electrons. The number of piperazine rings is 1. The Labute approximate surface area is 334 Å². The van der Waals surface area contributed by atoms with Crippen molar-refractivity contribution in [3.63, 3.8) is 0 Å². The van der Waals surface area contributed by atoms with E-state index in [0.29, 0.717) is 70.6 Å². The van der Waals surface area contributed by atoms with Crippen LogP contribution in [0.4, 0.5) is 21.6 Å². The molecule has 3 fully saturated rings. The molecule has 3 aromatic rings. The van der Waals surface area contributed by atoms with Gasteiger partial charge in [0.15, 0.2) is 11.6 Å². The SMILES string of the molecule is CC(C)(C)[C@H](NC(=O)CCCCCC(=O)N1CCN(c2ccc(N3CCCC(Oc4cc(-c5cc(F)ccc5O)nnc4N)C3)cc2)CC1)C(=O)N1CC[C@@H](O)C1. The van der Waals surface area contributed by atoms with Crippen molar-refractivity contribution in [3.05, 3.63) is 54.3 Å². The lowest BCUT2D eigenvalue weighted by atomic mass is 9.85. The molecule has 3 aliphatic heterocycles. The number of carbonyl (C=O) groups excluding carboxylic acids is 3. The van der Waals surface area contributed by atoms with Crippen molar-refractivity contribution in [2.45, 2.75) is 90.4 Å². The summed E-state index contributed by atoms with van der Waals surface area (Å²) < 4.78 is 20.2. The maximum absolute atomic E-state index is 13.9. The van der Waals surface area contributed by atoms with Crippen LogP contribution in [0.1, 0.15) is 72.1 Å². The highest BCUT2D eigenvalue weighted by Gasteiger charge is 2.38. The van der Waals surface area contributed by atoms with Gasteiger partial charge < -0.3 is 45.6 Å². The Morgan fingerprint density at radius 1 is 0.877 bits per heavy atom. The molecule has 6 rings (SSSR count). The minimum absolute atomic E-state index is 0.116. The zero-order valence-corrected chi connectivity index (χ0v) is 33.3.